The molecule has 1 unspecified atom stereocenters. The number of fused-ring (bicyclic) bond motifs is 10. The Morgan fingerprint density at radius 3 is 2.03 bits per heavy atom. The highest BCUT2D eigenvalue weighted by atomic mass is 16.3. The maximum Gasteiger partial charge on any atom is 0.134 e. The molecule has 0 amide bonds. The van der Waals surface area contributed by atoms with Gasteiger partial charge in [-0.1, -0.05) is 159 Å². The fourth-order valence-electron chi connectivity index (χ4n) is 11.6. The van der Waals surface area contributed by atoms with E-state index in [4.69, 9.17) is 4.42 Å². The van der Waals surface area contributed by atoms with E-state index in [0.717, 1.165) is 49.1 Å². The lowest BCUT2D eigenvalue weighted by atomic mass is 9.79. The third kappa shape index (κ3) is 6.17. The quantitative estimate of drug-likeness (QED) is 0.159. The summed E-state index contributed by atoms with van der Waals surface area (Å²) in [5, 5.41) is 2.51. The molecule has 4 aliphatic carbocycles. The summed E-state index contributed by atoms with van der Waals surface area (Å²) in [6.07, 6.45) is 17.0. The van der Waals surface area contributed by atoms with E-state index in [1.165, 1.54) is 100 Å². The predicted octanol–water partition coefficient (Wildman–Crippen LogP) is 16.4. The summed E-state index contributed by atoms with van der Waals surface area (Å²) in [4.78, 5) is 2.56. The second kappa shape index (κ2) is 15.2. The maximum absolute atomic E-state index is 6.47. The molecule has 2 aromatic heterocycles. The number of hydrogen-bond acceptors (Lipinski definition) is 2. The zero-order valence-electron chi connectivity index (χ0n) is 37.5. The van der Waals surface area contributed by atoms with Crippen molar-refractivity contribution in [3.8, 4) is 39.2 Å². The van der Waals surface area contributed by atoms with Gasteiger partial charge in [-0.05, 0) is 142 Å². The average Bonchev–Trinajstić information content (AvgIpc) is 4.00. The summed E-state index contributed by atoms with van der Waals surface area (Å²) in [6.45, 7) is 4.80. The highest BCUT2D eigenvalue weighted by molar-refractivity contribution is 6.03. The second-order valence-electron chi connectivity index (χ2n) is 19.0. The van der Waals surface area contributed by atoms with Crippen molar-refractivity contribution in [2.75, 3.05) is 4.90 Å². The molecule has 13 rings (SSSR count). The van der Waals surface area contributed by atoms with Crippen molar-refractivity contribution in [2.45, 2.75) is 57.4 Å². The van der Waals surface area contributed by atoms with Crippen LogP contribution in [0.3, 0.4) is 0 Å². The third-order valence-electron chi connectivity index (χ3n) is 14.9. The number of rotatable bonds is 7. The number of aryl methyl sites for hydroxylation is 2. The first-order chi connectivity index (χ1) is 32.5. The number of furan rings is 1. The van der Waals surface area contributed by atoms with Crippen molar-refractivity contribution in [1.29, 1.82) is 0 Å². The normalized spacial score (nSPS) is 16.8. The molecule has 0 aliphatic heterocycles. The molecule has 2 heterocycles. The zero-order chi connectivity index (χ0) is 43.9. The molecule has 7 aromatic carbocycles. The summed E-state index contributed by atoms with van der Waals surface area (Å²) in [5.41, 5.74) is 22.6. The Labute approximate surface area is 387 Å². The van der Waals surface area contributed by atoms with Crippen LogP contribution in [0.25, 0.3) is 72.2 Å². The Balaban J connectivity index is 0.854. The van der Waals surface area contributed by atoms with Crippen molar-refractivity contribution in [1.82, 2.24) is 4.57 Å². The van der Waals surface area contributed by atoms with Crippen molar-refractivity contribution in [2.24, 2.45) is 0 Å². The first kappa shape index (κ1) is 38.8. The van der Waals surface area contributed by atoms with Gasteiger partial charge in [-0.2, -0.15) is 0 Å². The van der Waals surface area contributed by atoms with Crippen LogP contribution in [0.4, 0.5) is 11.4 Å². The van der Waals surface area contributed by atoms with Crippen molar-refractivity contribution >= 4 is 44.4 Å². The molecule has 0 bridgehead atoms. The molecule has 0 saturated heterocycles. The maximum atomic E-state index is 6.47. The predicted molar refractivity (Wildman–Crippen MR) is 276 cm³/mol. The molecule has 3 heteroatoms. The first-order valence-corrected chi connectivity index (χ1v) is 23.7. The molecule has 0 N–H and O–H groups in total. The minimum Gasteiger partial charge on any atom is -0.460 e. The van der Waals surface area contributed by atoms with E-state index in [-0.39, 0.29) is 11.5 Å². The molecule has 3 nitrogen and oxygen atoms in total. The lowest BCUT2D eigenvalue weighted by Gasteiger charge is -2.36. The van der Waals surface area contributed by atoms with E-state index in [9.17, 15) is 0 Å². The minimum absolute atomic E-state index is 0.110. The molecular formula is C63H50N2O. The number of hydrogen-bond donors (Lipinski definition) is 0. The fraction of sp³-hybridized carbons (Fsp3) is 0.143. The molecular weight excluding hydrogens is 801 g/mol. The van der Waals surface area contributed by atoms with Gasteiger partial charge in [0.05, 0.1) is 17.3 Å². The van der Waals surface area contributed by atoms with Crippen LogP contribution in [0.1, 0.15) is 61.1 Å². The van der Waals surface area contributed by atoms with Crippen molar-refractivity contribution < 1.29 is 4.42 Å². The van der Waals surface area contributed by atoms with Gasteiger partial charge in [0.2, 0.25) is 0 Å². The molecule has 1 atom stereocenters. The minimum atomic E-state index is -0.110. The molecule has 318 valence electrons. The van der Waals surface area contributed by atoms with E-state index < -0.39 is 0 Å². The Bertz CT molecular complexity index is 3500. The highest BCUT2D eigenvalue weighted by Crippen LogP contribution is 2.53. The van der Waals surface area contributed by atoms with Gasteiger partial charge in [-0.25, -0.2) is 0 Å². The van der Waals surface area contributed by atoms with Gasteiger partial charge in [-0.3, -0.25) is 0 Å². The van der Waals surface area contributed by atoms with E-state index in [0.29, 0.717) is 0 Å². The Kier molecular flexibility index (Phi) is 8.96. The molecule has 66 heavy (non-hydrogen) atoms. The number of aromatic nitrogens is 1. The molecule has 4 aliphatic rings. The Hall–Kier alpha value is -7.62. The van der Waals surface area contributed by atoms with Crippen LogP contribution in [0.5, 0.6) is 0 Å². The van der Waals surface area contributed by atoms with E-state index >= 15 is 0 Å². The molecule has 9 aromatic rings. The summed E-state index contributed by atoms with van der Waals surface area (Å²) in [5.74, 6) is 1.09. The monoisotopic (exact) mass is 850 g/mol. The van der Waals surface area contributed by atoms with Crippen LogP contribution in [-0.2, 0) is 18.3 Å². The van der Waals surface area contributed by atoms with Crippen LogP contribution in [0.2, 0.25) is 0 Å². The SMILES string of the molecule is CC1(C)C2=CC(N(c3ccc(C4=CCCC=C4)cc3)c3ccc(-c4ccc(-n5c6c(c7ccccc75)CCc5oc7ccccc7c5-6)cc4)cc3)CC=C2c2cc(-c3ccccc3)ccc21. The molecule has 0 spiro atoms. The topological polar surface area (TPSA) is 21.3 Å². The largest absolute Gasteiger partial charge is 0.460 e. The Morgan fingerprint density at radius 1 is 0.606 bits per heavy atom. The third-order valence-corrected chi connectivity index (χ3v) is 14.9. The van der Waals surface area contributed by atoms with Gasteiger partial charge >= 0.3 is 0 Å². The molecule has 0 radical (unpaired) electrons. The van der Waals surface area contributed by atoms with Crippen molar-refractivity contribution in [3.63, 3.8) is 0 Å². The lowest BCUT2D eigenvalue weighted by molar-refractivity contribution is 0.545. The molecule has 0 saturated carbocycles. The fourth-order valence-corrected chi connectivity index (χ4v) is 11.6. The lowest BCUT2D eigenvalue weighted by Crippen LogP contribution is -2.32. The van der Waals surface area contributed by atoms with Gasteiger partial charge in [0.1, 0.15) is 11.3 Å². The van der Waals surface area contributed by atoms with Gasteiger partial charge in [0.15, 0.2) is 0 Å². The number of para-hydroxylation sites is 2. The standard InChI is InChI=1S/C63H50N2O/c1-63(2)56-37-27-46(42-15-7-4-8-16-42)39-55(56)51-35-34-50(40-57(51)63)64(47-28-21-43(22-29-47)41-13-5-3-6-14-41)48-30-23-44(24-31-48)45-25-32-49(33-26-45)65-58-19-11-9-17-52(58)53-36-38-60-61(62(53)65)54-18-10-12-20-59(54)66-60/h4-5,7-33,35,37,39-40,50H,3,6,34,36,38H2,1-2H3. The number of anilines is 2. The smallest absolute Gasteiger partial charge is 0.134 e. The van der Waals surface area contributed by atoms with Crippen LogP contribution in [-0.4, -0.2) is 10.6 Å². The summed E-state index contributed by atoms with van der Waals surface area (Å²) in [7, 11) is 0. The first-order valence-electron chi connectivity index (χ1n) is 23.7. The van der Waals surface area contributed by atoms with Crippen LogP contribution in [0, 0.1) is 0 Å². The molecule has 0 fully saturated rings. The summed E-state index contributed by atoms with van der Waals surface area (Å²) in [6, 6.07) is 63.0. The highest BCUT2D eigenvalue weighted by Gasteiger charge is 2.41. The second-order valence-corrected chi connectivity index (χ2v) is 19.0. The van der Waals surface area contributed by atoms with Crippen LogP contribution >= 0.6 is 0 Å². The van der Waals surface area contributed by atoms with E-state index in [2.05, 4.69) is 224 Å². The number of nitrogens with zero attached hydrogens (tertiary/aromatic N) is 2. The van der Waals surface area contributed by atoms with Gasteiger partial charge in [0, 0.05) is 45.2 Å². The number of benzene rings is 7. The number of allylic oxidation sites excluding steroid dienone is 6. The van der Waals surface area contributed by atoms with Gasteiger partial charge < -0.3 is 13.9 Å². The van der Waals surface area contributed by atoms with Crippen LogP contribution < -0.4 is 4.90 Å². The zero-order valence-corrected chi connectivity index (χ0v) is 37.5. The summed E-state index contributed by atoms with van der Waals surface area (Å²) < 4.78 is 8.93. The van der Waals surface area contributed by atoms with E-state index in [1.54, 1.807) is 0 Å². The summed E-state index contributed by atoms with van der Waals surface area (Å²) >= 11 is 0. The van der Waals surface area contributed by atoms with Crippen LogP contribution in [0.15, 0.2) is 210 Å². The van der Waals surface area contributed by atoms with Gasteiger partial charge in [-0.15, -0.1) is 0 Å². The van der Waals surface area contributed by atoms with Crippen molar-refractivity contribution in [3.05, 3.63) is 234 Å². The van der Waals surface area contributed by atoms with E-state index in [1.807, 2.05) is 0 Å². The Morgan fingerprint density at radius 2 is 1.27 bits per heavy atom. The average molecular weight is 851 g/mol. The van der Waals surface area contributed by atoms with Gasteiger partial charge in [0.25, 0.3) is 0 Å².